The molecule has 0 spiro atoms. The summed E-state index contributed by atoms with van der Waals surface area (Å²) in [6.45, 7) is 7.19. The summed E-state index contributed by atoms with van der Waals surface area (Å²) in [5.74, 6) is 1.92. The van der Waals surface area contributed by atoms with Gasteiger partial charge in [0.2, 0.25) is 0 Å². The van der Waals surface area contributed by atoms with E-state index in [0.29, 0.717) is 0 Å². The molecule has 3 aliphatic rings. The maximum absolute atomic E-state index is 5.44. The fourth-order valence-corrected chi connectivity index (χ4v) is 3.27. The molecule has 3 nitrogen and oxygen atoms in total. The highest BCUT2D eigenvalue weighted by Gasteiger charge is 2.25. The first-order valence-electron chi connectivity index (χ1n) is 7.93. The SMILES string of the molecule is C1CC(CN2CCC(NCC3CC3)CC2)CCO1.Cl. The summed E-state index contributed by atoms with van der Waals surface area (Å²) in [4.78, 5) is 2.69. The van der Waals surface area contributed by atoms with Gasteiger partial charge in [-0.25, -0.2) is 0 Å². The van der Waals surface area contributed by atoms with Crippen LogP contribution < -0.4 is 5.32 Å². The summed E-state index contributed by atoms with van der Waals surface area (Å²) >= 11 is 0. The molecule has 0 aromatic heterocycles. The van der Waals surface area contributed by atoms with Gasteiger partial charge in [-0.1, -0.05) is 0 Å². The smallest absolute Gasteiger partial charge is 0.0469 e. The van der Waals surface area contributed by atoms with Crippen LogP contribution in [0.2, 0.25) is 0 Å². The lowest BCUT2D eigenvalue weighted by molar-refractivity contribution is 0.0481. The second-order valence-electron chi connectivity index (χ2n) is 6.48. The van der Waals surface area contributed by atoms with Crippen molar-refractivity contribution in [2.75, 3.05) is 39.4 Å². The number of hydrogen-bond acceptors (Lipinski definition) is 3. The van der Waals surface area contributed by atoms with E-state index in [0.717, 1.165) is 31.1 Å². The molecule has 2 heterocycles. The summed E-state index contributed by atoms with van der Waals surface area (Å²) in [5, 5.41) is 3.76. The van der Waals surface area contributed by atoms with E-state index in [4.69, 9.17) is 4.74 Å². The fourth-order valence-electron chi connectivity index (χ4n) is 3.27. The zero-order valence-corrected chi connectivity index (χ0v) is 12.8. The second kappa shape index (κ2) is 7.82. The molecule has 3 rings (SSSR count). The van der Waals surface area contributed by atoms with Crippen LogP contribution in [0.3, 0.4) is 0 Å². The summed E-state index contributed by atoms with van der Waals surface area (Å²) in [6, 6.07) is 0.802. The minimum absolute atomic E-state index is 0. The number of ether oxygens (including phenoxy) is 1. The van der Waals surface area contributed by atoms with Crippen molar-refractivity contribution < 1.29 is 4.74 Å². The molecule has 4 heteroatoms. The molecule has 0 aromatic carbocycles. The van der Waals surface area contributed by atoms with Crippen molar-refractivity contribution in [3.05, 3.63) is 0 Å². The third-order valence-corrected chi connectivity index (χ3v) is 4.84. The Morgan fingerprint density at radius 3 is 2.21 bits per heavy atom. The van der Waals surface area contributed by atoms with Crippen molar-refractivity contribution >= 4 is 12.4 Å². The molecule has 2 aliphatic heterocycles. The van der Waals surface area contributed by atoms with Gasteiger partial charge in [-0.05, 0) is 70.0 Å². The minimum atomic E-state index is 0. The molecule has 3 fully saturated rings. The predicted octanol–water partition coefficient (Wildman–Crippen LogP) is 2.30. The van der Waals surface area contributed by atoms with E-state index in [1.54, 1.807) is 0 Å². The fraction of sp³-hybridized carbons (Fsp3) is 1.00. The molecule has 0 aromatic rings. The summed E-state index contributed by atoms with van der Waals surface area (Å²) < 4.78 is 5.44. The highest BCUT2D eigenvalue weighted by Crippen LogP contribution is 2.28. The van der Waals surface area contributed by atoms with Gasteiger partial charge in [-0.15, -0.1) is 12.4 Å². The molecule has 19 heavy (non-hydrogen) atoms. The predicted molar refractivity (Wildman–Crippen MR) is 81.0 cm³/mol. The third kappa shape index (κ3) is 5.22. The molecular weight excluding hydrogens is 260 g/mol. The van der Waals surface area contributed by atoms with E-state index in [2.05, 4.69) is 10.2 Å². The number of nitrogens with one attached hydrogen (secondary N) is 1. The van der Waals surface area contributed by atoms with Crippen LogP contribution >= 0.6 is 12.4 Å². The Morgan fingerprint density at radius 1 is 0.895 bits per heavy atom. The lowest BCUT2D eigenvalue weighted by Crippen LogP contribution is -2.45. The van der Waals surface area contributed by atoms with Crippen LogP contribution in [0.25, 0.3) is 0 Å². The lowest BCUT2D eigenvalue weighted by Gasteiger charge is -2.35. The molecule has 112 valence electrons. The van der Waals surface area contributed by atoms with Crippen LogP contribution in [0.15, 0.2) is 0 Å². The van der Waals surface area contributed by atoms with Crippen LogP contribution in [0.5, 0.6) is 0 Å². The summed E-state index contributed by atoms with van der Waals surface area (Å²) in [5.41, 5.74) is 0. The van der Waals surface area contributed by atoms with E-state index in [-0.39, 0.29) is 12.4 Å². The van der Waals surface area contributed by atoms with Gasteiger partial charge in [-0.2, -0.15) is 0 Å². The van der Waals surface area contributed by atoms with Crippen molar-refractivity contribution in [1.29, 1.82) is 0 Å². The third-order valence-electron chi connectivity index (χ3n) is 4.84. The molecule has 0 amide bonds. The first-order chi connectivity index (χ1) is 8.90. The van der Waals surface area contributed by atoms with Gasteiger partial charge in [0.05, 0.1) is 0 Å². The highest BCUT2D eigenvalue weighted by atomic mass is 35.5. The quantitative estimate of drug-likeness (QED) is 0.840. The Labute approximate surface area is 123 Å². The van der Waals surface area contributed by atoms with Crippen molar-refractivity contribution in [2.45, 2.75) is 44.6 Å². The van der Waals surface area contributed by atoms with E-state index in [1.165, 1.54) is 64.7 Å². The van der Waals surface area contributed by atoms with Crippen LogP contribution in [0, 0.1) is 11.8 Å². The first kappa shape index (κ1) is 15.6. The normalized spacial score (nSPS) is 27.2. The molecule has 0 bridgehead atoms. The van der Waals surface area contributed by atoms with E-state index in [1.807, 2.05) is 0 Å². The zero-order valence-electron chi connectivity index (χ0n) is 12.0. The van der Waals surface area contributed by atoms with Gasteiger partial charge in [0.15, 0.2) is 0 Å². The number of hydrogen-bond donors (Lipinski definition) is 1. The van der Waals surface area contributed by atoms with Gasteiger partial charge in [-0.3, -0.25) is 0 Å². The van der Waals surface area contributed by atoms with Crippen LogP contribution in [0.4, 0.5) is 0 Å². The van der Waals surface area contributed by atoms with E-state index in [9.17, 15) is 0 Å². The van der Waals surface area contributed by atoms with Gasteiger partial charge < -0.3 is 15.0 Å². The van der Waals surface area contributed by atoms with Crippen LogP contribution in [-0.2, 0) is 4.74 Å². The highest BCUT2D eigenvalue weighted by molar-refractivity contribution is 5.85. The molecule has 1 N–H and O–H groups in total. The lowest BCUT2D eigenvalue weighted by atomic mass is 9.97. The number of halogens is 1. The maximum Gasteiger partial charge on any atom is 0.0469 e. The summed E-state index contributed by atoms with van der Waals surface area (Å²) in [7, 11) is 0. The molecule has 1 saturated carbocycles. The minimum Gasteiger partial charge on any atom is -0.381 e. The van der Waals surface area contributed by atoms with Crippen molar-refractivity contribution in [1.82, 2.24) is 10.2 Å². The molecule has 0 atom stereocenters. The largest absolute Gasteiger partial charge is 0.381 e. The molecule has 1 aliphatic carbocycles. The summed E-state index contributed by atoms with van der Waals surface area (Å²) in [6.07, 6.45) is 8.21. The molecule has 2 saturated heterocycles. The Morgan fingerprint density at radius 2 is 1.58 bits per heavy atom. The number of piperidine rings is 1. The zero-order chi connectivity index (χ0) is 12.2. The average molecular weight is 289 g/mol. The van der Waals surface area contributed by atoms with Gasteiger partial charge in [0.1, 0.15) is 0 Å². The van der Waals surface area contributed by atoms with Crippen molar-refractivity contribution in [2.24, 2.45) is 11.8 Å². The Hall–Kier alpha value is 0.170. The topological polar surface area (TPSA) is 24.5 Å². The number of rotatable bonds is 5. The van der Waals surface area contributed by atoms with Crippen molar-refractivity contribution in [3.63, 3.8) is 0 Å². The second-order valence-corrected chi connectivity index (χ2v) is 6.48. The number of likely N-dealkylation sites (tertiary alicyclic amines) is 1. The monoisotopic (exact) mass is 288 g/mol. The molecule has 0 unspecified atom stereocenters. The Bertz CT molecular complexity index is 247. The molecule has 0 radical (unpaired) electrons. The molecular formula is C15H29ClN2O. The maximum atomic E-state index is 5.44. The van der Waals surface area contributed by atoms with Gasteiger partial charge in [0, 0.05) is 25.8 Å². The van der Waals surface area contributed by atoms with Gasteiger partial charge >= 0.3 is 0 Å². The first-order valence-corrected chi connectivity index (χ1v) is 7.93. The van der Waals surface area contributed by atoms with E-state index >= 15 is 0 Å². The number of nitrogens with zero attached hydrogens (tertiary/aromatic N) is 1. The average Bonchev–Trinajstić information content (AvgIpc) is 3.23. The Balaban J connectivity index is 0.00000133. The van der Waals surface area contributed by atoms with Crippen LogP contribution in [-0.4, -0.2) is 50.3 Å². The van der Waals surface area contributed by atoms with E-state index < -0.39 is 0 Å². The Kier molecular flexibility index (Phi) is 6.40. The van der Waals surface area contributed by atoms with Gasteiger partial charge in [0.25, 0.3) is 0 Å². The van der Waals surface area contributed by atoms with Crippen LogP contribution in [0.1, 0.15) is 38.5 Å². The van der Waals surface area contributed by atoms with Crippen molar-refractivity contribution in [3.8, 4) is 0 Å². The standard InChI is InChI=1S/C15H28N2O.ClH/c1-2-13(1)11-16-15-3-7-17(8-4-15)12-14-5-9-18-10-6-14;/h13-16H,1-12H2;1H.